The van der Waals surface area contributed by atoms with Crippen LogP contribution < -0.4 is 14.2 Å². The Morgan fingerprint density at radius 1 is 0.917 bits per heavy atom. The quantitative estimate of drug-likeness (QED) is 0.706. The molecule has 0 bridgehead atoms. The van der Waals surface area contributed by atoms with E-state index < -0.39 is 5.97 Å². The predicted octanol–water partition coefficient (Wildman–Crippen LogP) is 4.38. The van der Waals surface area contributed by atoms with Gasteiger partial charge in [-0.05, 0) is 29.8 Å². The zero-order chi connectivity index (χ0) is 17.7. The standard InChI is InChI=1S/C17H16Cl2O5/c1-21-14-7-5-11(15(22-2)16(14)23-3)17(20)24-9-10-4-6-12(18)13(19)8-10/h4-8H,9H2,1-3H3. The fourth-order valence-corrected chi connectivity index (χ4v) is 2.44. The Hall–Kier alpha value is -2.11. The highest BCUT2D eigenvalue weighted by molar-refractivity contribution is 6.42. The molecule has 5 nitrogen and oxygen atoms in total. The van der Waals surface area contributed by atoms with E-state index in [4.69, 9.17) is 42.1 Å². The van der Waals surface area contributed by atoms with Crippen molar-refractivity contribution in [1.29, 1.82) is 0 Å². The molecule has 0 radical (unpaired) electrons. The highest BCUT2D eigenvalue weighted by Gasteiger charge is 2.21. The van der Waals surface area contributed by atoms with E-state index in [9.17, 15) is 4.79 Å². The van der Waals surface area contributed by atoms with Gasteiger partial charge in [-0.25, -0.2) is 4.79 Å². The zero-order valence-electron chi connectivity index (χ0n) is 13.4. The van der Waals surface area contributed by atoms with E-state index in [0.717, 1.165) is 5.56 Å². The summed E-state index contributed by atoms with van der Waals surface area (Å²) >= 11 is 11.8. The number of halogens is 2. The second-order valence-corrected chi connectivity index (χ2v) is 5.52. The van der Waals surface area contributed by atoms with Gasteiger partial charge in [0.05, 0.1) is 31.4 Å². The maximum atomic E-state index is 12.4. The summed E-state index contributed by atoms with van der Waals surface area (Å²) in [7, 11) is 4.40. The van der Waals surface area contributed by atoms with Crippen LogP contribution in [0.25, 0.3) is 0 Å². The third-order valence-corrected chi connectivity index (χ3v) is 4.02. The van der Waals surface area contributed by atoms with Crippen molar-refractivity contribution in [3.63, 3.8) is 0 Å². The number of hydrogen-bond donors (Lipinski definition) is 0. The van der Waals surface area contributed by atoms with Crippen LogP contribution >= 0.6 is 23.2 Å². The molecule has 128 valence electrons. The molecular weight excluding hydrogens is 355 g/mol. The summed E-state index contributed by atoms with van der Waals surface area (Å²) in [6.07, 6.45) is 0. The van der Waals surface area contributed by atoms with Crippen molar-refractivity contribution in [3.8, 4) is 17.2 Å². The lowest BCUT2D eigenvalue weighted by Gasteiger charge is -2.15. The third-order valence-electron chi connectivity index (χ3n) is 3.28. The van der Waals surface area contributed by atoms with Crippen molar-refractivity contribution in [2.24, 2.45) is 0 Å². The molecule has 2 aromatic rings. The summed E-state index contributed by atoms with van der Waals surface area (Å²) in [5.74, 6) is 0.467. The van der Waals surface area contributed by atoms with E-state index in [-0.39, 0.29) is 17.9 Å². The molecule has 0 saturated heterocycles. The number of hydrogen-bond acceptors (Lipinski definition) is 5. The Kier molecular flexibility index (Phi) is 6.17. The van der Waals surface area contributed by atoms with Crippen LogP contribution in [0.3, 0.4) is 0 Å². The van der Waals surface area contributed by atoms with Gasteiger partial charge in [-0.3, -0.25) is 0 Å². The molecule has 0 unspecified atom stereocenters. The third kappa shape index (κ3) is 3.86. The van der Waals surface area contributed by atoms with Gasteiger partial charge in [0.2, 0.25) is 5.75 Å². The smallest absolute Gasteiger partial charge is 0.342 e. The maximum absolute atomic E-state index is 12.4. The largest absolute Gasteiger partial charge is 0.493 e. The second kappa shape index (κ2) is 8.13. The highest BCUT2D eigenvalue weighted by Crippen LogP contribution is 2.40. The molecule has 0 N–H and O–H groups in total. The van der Waals surface area contributed by atoms with E-state index in [1.165, 1.54) is 21.3 Å². The summed E-state index contributed by atoms with van der Waals surface area (Å²) in [5.41, 5.74) is 0.951. The van der Waals surface area contributed by atoms with Crippen LogP contribution in [0.2, 0.25) is 10.0 Å². The van der Waals surface area contributed by atoms with Crippen molar-refractivity contribution >= 4 is 29.2 Å². The molecular formula is C17H16Cl2O5. The molecule has 24 heavy (non-hydrogen) atoms. The van der Waals surface area contributed by atoms with Gasteiger partial charge >= 0.3 is 5.97 Å². The van der Waals surface area contributed by atoms with Crippen molar-refractivity contribution < 1.29 is 23.7 Å². The molecule has 0 aliphatic carbocycles. The van der Waals surface area contributed by atoms with Crippen LogP contribution in [-0.2, 0) is 11.3 Å². The van der Waals surface area contributed by atoms with E-state index in [1.807, 2.05) is 0 Å². The number of carbonyl (C=O) groups excluding carboxylic acids is 1. The lowest BCUT2D eigenvalue weighted by atomic mass is 10.1. The molecule has 0 heterocycles. The number of ether oxygens (including phenoxy) is 4. The first-order valence-corrected chi connectivity index (χ1v) is 7.67. The van der Waals surface area contributed by atoms with Crippen LogP contribution in [0, 0.1) is 0 Å². The number of benzene rings is 2. The Bertz CT molecular complexity index is 746. The summed E-state index contributed by atoms with van der Waals surface area (Å²) in [4.78, 5) is 12.4. The average molecular weight is 371 g/mol. The van der Waals surface area contributed by atoms with Crippen LogP contribution in [0.15, 0.2) is 30.3 Å². The first-order valence-electron chi connectivity index (χ1n) is 6.91. The number of rotatable bonds is 6. The van der Waals surface area contributed by atoms with E-state index in [0.29, 0.717) is 21.5 Å². The van der Waals surface area contributed by atoms with Gasteiger partial charge in [0.25, 0.3) is 0 Å². The first kappa shape index (κ1) is 18.2. The van der Waals surface area contributed by atoms with E-state index >= 15 is 0 Å². The van der Waals surface area contributed by atoms with Gasteiger partial charge in [-0.1, -0.05) is 29.3 Å². The average Bonchev–Trinajstić information content (AvgIpc) is 2.60. The molecule has 0 atom stereocenters. The number of esters is 1. The Labute approximate surface area is 150 Å². The van der Waals surface area contributed by atoms with Gasteiger partial charge in [0.1, 0.15) is 12.2 Å². The minimum Gasteiger partial charge on any atom is -0.493 e. The van der Waals surface area contributed by atoms with Crippen molar-refractivity contribution in [1.82, 2.24) is 0 Å². The van der Waals surface area contributed by atoms with Gasteiger partial charge in [-0.2, -0.15) is 0 Å². The van der Waals surface area contributed by atoms with Crippen molar-refractivity contribution in [3.05, 3.63) is 51.5 Å². The first-order chi connectivity index (χ1) is 11.5. The molecule has 7 heteroatoms. The minimum absolute atomic E-state index is 0.0488. The molecule has 0 spiro atoms. The maximum Gasteiger partial charge on any atom is 0.342 e. The molecule has 0 amide bonds. The summed E-state index contributed by atoms with van der Waals surface area (Å²) in [6, 6.07) is 8.18. The molecule has 2 rings (SSSR count). The minimum atomic E-state index is -0.557. The Balaban J connectivity index is 2.21. The Morgan fingerprint density at radius 3 is 2.21 bits per heavy atom. The molecule has 0 fully saturated rings. The van der Waals surface area contributed by atoms with Crippen LogP contribution in [0.1, 0.15) is 15.9 Å². The fraction of sp³-hybridized carbons (Fsp3) is 0.235. The number of methoxy groups -OCH3 is 3. The van der Waals surface area contributed by atoms with Gasteiger partial charge in [-0.15, -0.1) is 0 Å². The van der Waals surface area contributed by atoms with E-state index in [1.54, 1.807) is 30.3 Å². The molecule has 0 aliphatic rings. The fourth-order valence-electron chi connectivity index (χ4n) is 2.12. The van der Waals surface area contributed by atoms with Gasteiger partial charge in [0, 0.05) is 0 Å². The second-order valence-electron chi connectivity index (χ2n) is 4.71. The molecule has 0 saturated carbocycles. The molecule has 0 aliphatic heterocycles. The van der Waals surface area contributed by atoms with Gasteiger partial charge in [0.15, 0.2) is 11.5 Å². The highest BCUT2D eigenvalue weighted by atomic mass is 35.5. The lowest BCUT2D eigenvalue weighted by Crippen LogP contribution is -2.08. The van der Waals surface area contributed by atoms with E-state index in [2.05, 4.69) is 0 Å². The van der Waals surface area contributed by atoms with Crippen LogP contribution in [-0.4, -0.2) is 27.3 Å². The summed E-state index contributed by atoms with van der Waals surface area (Å²) in [5, 5.41) is 0.835. The van der Waals surface area contributed by atoms with Crippen molar-refractivity contribution in [2.75, 3.05) is 21.3 Å². The summed E-state index contributed by atoms with van der Waals surface area (Å²) < 4.78 is 21.0. The SMILES string of the molecule is COc1ccc(C(=O)OCc2ccc(Cl)c(Cl)c2)c(OC)c1OC. The topological polar surface area (TPSA) is 54.0 Å². The lowest BCUT2D eigenvalue weighted by molar-refractivity contribution is 0.0468. The number of carbonyl (C=O) groups is 1. The Morgan fingerprint density at radius 2 is 1.62 bits per heavy atom. The molecule has 2 aromatic carbocycles. The summed E-state index contributed by atoms with van der Waals surface area (Å²) in [6.45, 7) is 0.0488. The normalized spacial score (nSPS) is 10.2. The van der Waals surface area contributed by atoms with Gasteiger partial charge < -0.3 is 18.9 Å². The van der Waals surface area contributed by atoms with Crippen LogP contribution in [0.4, 0.5) is 0 Å². The van der Waals surface area contributed by atoms with Crippen molar-refractivity contribution in [2.45, 2.75) is 6.61 Å². The molecule has 0 aromatic heterocycles. The predicted molar refractivity (Wildman–Crippen MR) is 91.7 cm³/mol. The zero-order valence-corrected chi connectivity index (χ0v) is 14.9. The van der Waals surface area contributed by atoms with Crippen LogP contribution in [0.5, 0.6) is 17.2 Å². The monoisotopic (exact) mass is 370 g/mol.